The molecular formula is C18H23N. The Balaban J connectivity index is 1.89. The second-order valence-electron chi connectivity index (χ2n) is 5.94. The quantitative estimate of drug-likeness (QED) is 0.860. The van der Waals surface area contributed by atoms with Crippen LogP contribution in [-0.4, -0.2) is 6.54 Å². The lowest BCUT2D eigenvalue weighted by atomic mass is 9.93. The van der Waals surface area contributed by atoms with Crippen molar-refractivity contribution in [3.05, 3.63) is 47.0 Å². The molecule has 0 aromatic heterocycles. The number of aryl methyl sites for hydroxylation is 3. The van der Waals surface area contributed by atoms with Gasteiger partial charge >= 0.3 is 0 Å². The molecule has 0 aliphatic heterocycles. The average molecular weight is 253 g/mol. The van der Waals surface area contributed by atoms with Gasteiger partial charge in [-0.2, -0.15) is 0 Å². The third-order valence-electron chi connectivity index (χ3n) is 4.53. The second kappa shape index (κ2) is 5.34. The summed E-state index contributed by atoms with van der Waals surface area (Å²) in [4.78, 5) is 0. The van der Waals surface area contributed by atoms with Gasteiger partial charge in [0.15, 0.2) is 0 Å². The summed E-state index contributed by atoms with van der Waals surface area (Å²) in [6.45, 7) is 3.12. The minimum Gasteiger partial charge on any atom is -0.330 e. The van der Waals surface area contributed by atoms with Crippen molar-refractivity contribution >= 4 is 10.8 Å². The van der Waals surface area contributed by atoms with E-state index in [4.69, 9.17) is 5.73 Å². The van der Waals surface area contributed by atoms with Crippen molar-refractivity contribution in [3.63, 3.8) is 0 Å². The predicted molar refractivity (Wildman–Crippen MR) is 82.5 cm³/mol. The largest absolute Gasteiger partial charge is 0.330 e. The first-order valence-corrected chi connectivity index (χ1v) is 7.52. The van der Waals surface area contributed by atoms with Crippen LogP contribution in [0.5, 0.6) is 0 Å². The molecule has 3 rings (SSSR count). The molecule has 100 valence electrons. The molecule has 0 amide bonds. The van der Waals surface area contributed by atoms with Crippen molar-refractivity contribution in [2.45, 2.75) is 39.0 Å². The molecule has 2 aromatic carbocycles. The Morgan fingerprint density at radius 2 is 1.84 bits per heavy atom. The first kappa shape index (κ1) is 12.7. The van der Waals surface area contributed by atoms with Gasteiger partial charge in [0, 0.05) is 0 Å². The van der Waals surface area contributed by atoms with Gasteiger partial charge in [-0.25, -0.2) is 0 Å². The lowest BCUT2D eigenvalue weighted by Crippen LogP contribution is -2.06. The first-order valence-electron chi connectivity index (χ1n) is 7.52. The summed E-state index contributed by atoms with van der Waals surface area (Å²) in [5.41, 5.74) is 10.2. The molecule has 1 aliphatic rings. The molecule has 19 heavy (non-hydrogen) atoms. The molecule has 1 unspecified atom stereocenters. The van der Waals surface area contributed by atoms with Gasteiger partial charge in [0.25, 0.3) is 0 Å². The van der Waals surface area contributed by atoms with Gasteiger partial charge in [-0.05, 0) is 72.0 Å². The molecular weight excluding hydrogens is 230 g/mol. The Morgan fingerprint density at radius 3 is 2.63 bits per heavy atom. The van der Waals surface area contributed by atoms with Gasteiger partial charge in [-0.15, -0.1) is 0 Å². The zero-order valence-corrected chi connectivity index (χ0v) is 11.8. The molecule has 1 aliphatic carbocycles. The third kappa shape index (κ3) is 2.40. The lowest BCUT2D eigenvalue weighted by Gasteiger charge is -2.12. The maximum absolute atomic E-state index is 5.64. The summed E-state index contributed by atoms with van der Waals surface area (Å²) in [7, 11) is 0. The van der Waals surface area contributed by atoms with Crippen LogP contribution in [0.3, 0.4) is 0 Å². The number of rotatable bonds is 5. The van der Waals surface area contributed by atoms with E-state index >= 15 is 0 Å². The summed E-state index contributed by atoms with van der Waals surface area (Å²) in [6, 6.07) is 11.5. The third-order valence-corrected chi connectivity index (χ3v) is 4.53. The van der Waals surface area contributed by atoms with E-state index < -0.39 is 0 Å². The zero-order valence-electron chi connectivity index (χ0n) is 11.8. The molecule has 0 fully saturated rings. The maximum atomic E-state index is 5.64. The minimum atomic E-state index is 0.730. The van der Waals surface area contributed by atoms with E-state index in [-0.39, 0.29) is 0 Å². The van der Waals surface area contributed by atoms with Gasteiger partial charge in [-0.1, -0.05) is 37.3 Å². The SMILES string of the molecule is CC(CCN)CCc1ccc2c3c(cccc13)CC2. The molecule has 0 radical (unpaired) electrons. The predicted octanol–water partition coefficient (Wildman–Crippen LogP) is 3.86. The number of hydrogen-bond donors (Lipinski definition) is 1. The van der Waals surface area contributed by atoms with Gasteiger partial charge in [-0.3, -0.25) is 0 Å². The summed E-state index contributed by atoms with van der Waals surface area (Å²) in [6.07, 6.45) is 6.01. The van der Waals surface area contributed by atoms with Gasteiger partial charge in [0.05, 0.1) is 0 Å². The van der Waals surface area contributed by atoms with E-state index in [9.17, 15) is 0 Å². The fourth-order valence-corrected chi connectivity index (χ4v) is 3.36. The monoisotopic (exact) mass is 253 g/mol. The van der Waals surface area contributed by atoms with Gasteiger partial charge < -0.3 is 5.73 Å². The second-order valence-corrected chi connectivity index (χ2v) is 5.94. The highest BCUT2D eigenvalue weighted by Gasteiger charge is 2.15. The minimum absolute atomic E-state index is 0.730. The van der Waals surface area contributed by atoms with Crippen molar-refractivity contribution < 1.29 is 0 Å². The van der Waals surface area contributed by atoms with E-state index in [1.165, 1.54) is 36.6 Å². The Hall–Kier alpha value is -1.34. The molecule has 0 spiro atoms. The lowest BCUT2D eigenvalue weighted by molar-refractivity contribution is 0.500. The smallest absolute Gasteiger partial charge is 0.00747 e. The van der Waals surface area contributed by atoms with Gasteiger partial charge in [0.1, 0.15) is 0 Å². The number of hydrogen-bond acceptors (Lipinski definition) is 1. The average Bonchev–Trinajstić information content (AvgIpc) is 2.84. The Kier molecular flexibility index (Phi) is 3.56. The number of nitrogens with two attached hydrogens (primary N) is 1. The Morgan fingerprint density at radius 1 is 1.05 bits per heavy atom. The summed E-state index contributed by atoms with van der Waals surface area (Å²) in [5, 5.41) is 3.04. The molecule has 1 nitrogen and oxygen atoms in total. The van der Waals surface area contributed by atoms with Crippen LogP contribution in [0.2, 0.25) is 0 Å². The molecule has 0 saturated carbocycles. The topological polar surface area (TPSA) is 26.0 Å². The highest BCUT2D eigenvalue weighted by atomic mass is 14.5. The van der Waals surface area contributed by atoms with Crippen LogP contribution in [0, 0.1) is 5.92 Å². The van der Waals surface area contributed by atoms with Crippen molar-refractivity contribution in [1.29, 1.82) is 0 Å². The molecule has 0 bridgehead atoms. The van der Waals surface area contributed by atoms with Crippen molar-refractivity contribution in [3.8, 4) is 0 Å². The van der Waals surface area contributed by atoms with E-state index in [0.29, 0.717) is 0 Å². The summed E-state index contributed by atoms with van der Waals surface area (Å²) >= 11 is 0. The molecule has 0 heterocycles. The molecule has 1 heteroatoms. The molecule has 0 saturated heterocycles. The molecule has 2 aromatic rings. The van der Waals surface area contributed by atoms with E-state index in [1.54, 1.807) is 16.5 Å². The van der Waals surface area contributed by atoms with E-state index in [0.717, 1.165) is 18.9 Å². The van der Waals surface area contributed by atoms with Crippen LogP contribution >= 0.6 is 0 Å². The standard InChI is InChI=1S/C18H23N/c1-13(11-12-19)5-6-14-7-8-16-10-9-15-3-2-4-17(14)18(15)16/h2-4,7-8,13H,5-6,9-12,19H2,1H3. The highest BCUT2D eigenvalue weighted by molar-refractivity contribution is 5.93. The fourth-order valence-electron chi connectivity index (χ4n) is 3.36. The van der Waals surface area contributed by atoms with Crippen molar-refractivity contribution in [2.24, 2.45) is 11.7 Å². The van der Waals surface area contributed by atoms with Crippen LogP contribution in [0.4, 0.5) is 0 Å². The van der Waals surface area contributed by atoms with E-state index in [2.05, 4.69) is 37.3 Å². The normalized spacial score (nSPS) is 15.1. The van der Waals surface area contributed by atoms with Crippen LogP contribution in [0.1, 0.15) is 36.5 Å². The van der Waals surface area contributed by atoms with Crippen LogP contribution in [0.15, 0.2) is 30.3 Å². The molecule has 2 N–H and O–H groups in total. The fraction of sp³-hybridized carbons (Fsp3) is 0.444. The van der Waals surface area contributed by atoms with Crippen LogP contribution < -0.4 is 5.73 Å². The Bertz CT molecular complexity index is 575. The number of benzene rings is 2. The maximum Gasteiger partial charge on any atom is -0.00747 e. The Labute approximate surface area is 115 Å². The van der Waals surface area contributed by atoms with Crippen LogP contribution in [-0.2, 0) is 19.3 Å². The van der Waals surface area contributed by atoms with Crippen molar-refractivity contribution in [1.82, 2.24) is 0 Å². The molecule has 1 atom stereocenters. The van der Waals surface area contributed by atoms with Gasteiger partial charge in [0.2, 0.25) is 0 Å². The highest BCUT2D eigenvalue weighted by Crippen LogP contribution is 2.33. The summed E-state index contributed by atoms with van der Waals surface area (Å²) < 4.78 is 0. The first-order chi connectivity index (χ1) is 9.29. The zero-order chi connectivity index (χ0) is 13.2. The van der Waals surface area contributed by atoms with Crippen molar-refractivity contribution in [2.75, 3.05) is 6.54 Å². The summed E-state index contributed by atoms with van der Waals surface area (Å²) in [5.74, 6) is 0.730. The van der Waals surface area contributed by atoms with E-state index in [1.807, 2.05) is 0 Å². The van der Waals surface area contributed by atoms with Crippen LogP contribution in [0.25, 0.3) is 10.8 Å².